The van der Waals surface area contributed by atoms with Crippen LogP contribution >= 0.6 is 17.4 Å². The second-order valence-corrected chi connectivity index (χ2v) is 8.05. The molecular formula is C19H26O3P2. The normalized spacial score (nSPS) is 31.0. The minimum Gasteiger partial charge on any atom is -0.462 e. The number of hydrogen-bond donors (Lipinski definition) is 0. The Hall–Kier alpha value is -0.750. The number of allylic oxidation sites excluding steroid dienone is 1. The Bertz CT molecular complexity index is 575. The molecule has 0 N–H and O–H groups in total. The Morgan fingerprint density at radius 2 is 2.21 bits per heavy atom. The molecule has 1 saturated heterocycles. The monoisotopic (exact) mass is 364 g/mol. The molecule has 24 heavy (non-hydrogen) atoms. The smallest absolute Gasteiger partial charge is 0.306 e. The van der Waals surface area contributed by atoms with E-state index in [1.54, 1.807) is 0 Å². The van der Waals surface area contributed by atoms with Gasteiger partial charge in [-0.2, -0.15) is 0 Å². The zero-order chi connectivity index (χ0) is 16.9. The van der Waals surface area contributed by atoms with Crippen LogP contribution in [0.4, 0.5) is 0 Å². The topological polar surface area (TPSA) is 35.5 Å². The van der Waals surface area contributed by atoms with E-state index in [2.05, 4.69) is 52.3 Å². The summed E-state index contributed by atoms with van der Waals surface area (Å²) in [6.07, 6.45) is 8.33. The third-order valence-electron chi connectivity index (χ3n) is 5.25. The number of esters is 1. The summed E-state index contributed by atoms with van der Waals surface area (Å²) in [5, 5.41) is 0. The highest BCUT2D eigenvalue weighted by molar-refractivity contribution is 8.00. The molecule has 5 heteroatoms. The van der Waals surface area contributed by atoms with Crippen molar-refractivity contribution in [3.05, 3.63) is 48.0 Å². The van der Waals surface area contributed by atoms with Crippen molar-refractivity contribution in [2.45, 2.75) is 44.8 Å². The van der Waals surface area contributed by atoms with Crippen molar-refractivity contribution in [3.8, 4) is 0 Å². The number of ether oxygens (including phenoxy) is 1. The summed E-state index contributed by atoms with van der Waals surface area (Å²) in [7, 11) is 3.07. The third kappa shape index (κ3) is 4.45. The molecule has 7 atom stereocenters. The van der Waals surface area contributed by atoms with Gasteiger partial charge in [0.15, 0.2) is 0 Å². The SMILES string of the molecule is C[C@@H]1C[C@@H]2OC(=O)C[C@@H]2[C@H]1/C=C/[C@H](CCc1ccccc1)OPP. The quantitative estimate of drug-likeness (QED) is 0.405. The van der Waals surface area contributed by atoms with Crippen LogP contribution in [0.15, 0.2) is 42.5 Å². The maximum atomic E-state index is 11.5. The summed E-state index contributed by atoms with van der Waals surface area (Å²) < 4.78 is 11.3. The van der Waals surface area contributed by atoms with Crippen molar-refractivity contribution in [2.24, 2.45) is 17.8 Å². The molecule has 0 bridgehead atoms. The van der Waals surface area contributed by atoms with E-state index >= 15 is 0 Å². The summed E-state index contributed by atoms with van der Waals surface area (Å²) in [4.78, 5) is 11.5. The molecule has 1 aromatic rings. The number of aryl methyl sites for hydroxylation is 1. The first-order valence-corrected chi connectivity index (χ1v) is 11.4. The molecule has 2 unspecified atom stereocenters. The van der Waals surface area contributed by atoms with Crippen LogP contribution in [0.25, 0.3) is 0 Å². The molecule has 3 nitrogen and oxygen atoms in total. The van der Waals surface area contributed by atoms with Crippen LogP contribution in [0, 0.1) is 17.8 Å². The van der Waals surface area contributed by atoms with Crippen molar-refractivity contribution >= 4 is 23.4 Å². The Labute approximate surface area is 148 Å². The lowest BCUT2D eigenvalue weighted by atomic mass is 9.88. The number of rotatable bonds is 7. The van der Waals surface area contributed by atoms with Gasteiger partial charge >= 0.3 is 5.97 Å². The van der Waals surface area contributed by atoms with Crippen LogP contribution in [0.1, 0.15) is 31.7 Å². The van der Waals surface area contributed by atoms with E-state index in [-0.39, 0.29) is 18.2 Å². The number of hydrogen-bond acceptors (Lipinski definition) is 3. The van der Waals surface area contributed by atoms with E-state index in [1.807, 2.05) is 6.07 Å². The Balaban J connectivity index is 1.59. The van der Waals surface area contributed by atoms with E-state index in [1.165, 1.54) is 5.56 Å². The van der Waals surface area contributed by atoms with Crippen LogP contribution in [-0.2, 0) is 20.5 Å². The van der Waals surface area contributed by atoms with Gasteiger partial charge in [-0.05, 0) is 36.7 Å². The summed E-state index contributed by atoms with van der Waals surface area (Å²) >= 11 is 0. The van der Waals surface area contributed by atoms with Crippen LogP contribution in [0.5, 0.6) is 0 Å². The van der Waals surface area contributed by atoms with Crippen molar-refractivity contribution in [3.63, 3.8) is 0 Å². The fourth-order valence-electron chi connectivity index (χ4n) is 4.00. The zero-order valence-corrected chi connectivity index (χ0v) is 16.2. The molecule has 0 aromatic heterocycles. The summed E-state index contributed by atoms with van der Waals surface area (Å²) in [6, 6.07) is 10.5. The molecule has 2 aliphatic rings. The molecule has 2 fully saturated rings. The molecule has 1 heterocycles. The third-order valence-corrected chi connectivity index (χ3v) is 6.09. The number of benzene rings is 1. The lowest BCUT2D eigenvalue weighted by Crippen LogP contribution is -2.15. The first-order chi connectivity index (χ1) is 11.7. The van der Waals surface area contributed by atoms with Gasteiger partial charge in [0, 0.05) is 14.4 Å². The molecule has 0 radical (unpaired) electrons. The maximum Gasteiger partial charge on any atom is 0.306 e. The van der Waals surface area contributed by atoms with E-state index in [0.717, 1.165) is 19.3 Å². The highest BCUT2D eigenvalue weighted by Crippen LogP contribution is 2.45. The fraction of sp³-hybridized carbons (Fsp3) is 0.526. The van der Waals surface area contributed by atoms with Crippen LogP contribution in [-0.4, -0.2) is 18.2 Å². The zero-order valence-electron chi connectivity index (χ0n) is 14.1. The van der Waals surface area contributed by atoms with Crippen molar-refractivity contribution in [1.29, 1.82) is 0 Å². The predicted molar refractivity (Wildman–Crippen MR) is 102 cm³/mol. The average Bonchev–Trinajstić information content (AvgIpc) is 3.06. The molecule has 0 amide bonds. The standard InChI is InChI=1S/C19H26O3P2/c1-13-11-18-17(12-19(20)21-18)16(13)10-9-15(22-24-23)8-7-14-5-3-2-4-6-14/h2-6,9-10,13,15-18,24H,7-8,11-12,23H2,1H3/b10-9+/t13-,15+,16+,17-,18+/m1/s1. The van der Waals surface area contributed by atoms with Gasteiger partial charge in [0.2, 0.25) is 0 Å². The van der Waals surface area contributed by atoms with Crippen molar-refractivity contribution < 1.29 is 14.1 Å². The minimum absolute atomic E-state index is 0.0291. The molecule has 3 rings (SSSR count). The fourth-order valence-corrected chi connectivity index (χ4v) is 4.90. The van der Waals surface area contributed by atoms with E-state index in [4.69, 9.17) is 9.26 Å². The molecular weight excluding hydrogens is 338 g/mol. The van der Waals surface area contributed by atoms with Crippen molar-refractivity contribution in [2.75, 3.05) is 0 Å². The predicted octanol–water partition coefficient (Wildman–Crippen LogP) is 4.53. The van der Waals surface area contributed by atoms with E-state index in [0.29, 0.717) is 32.7 Å². The second-order valence-electron chi connectivity index (χ2n) is 6.87. The van der Waals surface area contributed by atoms with Gasteiger partial charge in [0.1, 0.15) is 6.10 Å². The summed E-state index contributed by atoms with van der Waals surface area (Å²) in [6.45, 7) is 2.26. The maximum absolute atomic E-state index is 11.5. The van der Waals surface area contributed by atoms with Crippen LogP contribution in [0.2, 0.25) is 0 Å². The molecule has 0 spiro atoms. The summed E-state index contributed by atoms with van der Waals surface area (Å²) in [5.41, 5.74) is 1.34. The van der Waals surface area contributed by atoms with Crippen LogP contribution < -0.4 is 0 Å². The van der Waals surface area contributed by atoms with Gasteiger partial charge in [0.05, 0.1) is 12.5 Å². The largest absolute Gasteiger partial charge is 0.462 e. The minimum atomic E-state index is -0.0291. The highest BCUT2D eigenvalue weighted by atomic mass is 32.0. The van der Waals surface area contributed by atoms with Crippen LogP contribution in [0.3, 0.4) is 0 Å². The molecule has 130 valence electrons. The Morgan fingerprint density at radius 3 is 2.96 bits per heavy atom. The van der Waals surface area contributed by atoms with Gasteiger partial charge in [-0.25, -0.2) is 0 Å². The number of carbonyl (C=O) groups excluding carboxylic acids is 1. The second kappa shape index (κ2) is 8.56. The van der Waals surface area contributed by atoms with Gasteiger partial charge < -0.3 is 9.26 Å². The number of fused-ring (bicyclic) bond motifs is 1. The van der Waals surface area contributed by atoms with Gasteiger partial charge in [-0.1, -0.05) is 58.3 Å². The Kier molecular flexibility index (Phi) is 6.44. The van der Waals surface area contributed by atoms with Gasteiger partial charge in [-0.15, -0.1) is 0 Å². The van der Waals surface area contributed by atoms with E-state index in [9.17, 15) is 4.79 Å². The summed E-state index contributed by atoms with van der Waals surface area (Å²) in [5.74, 6) is 1.32. The lowest BCUT2D eigenvalue weighted by molar-refractivity contribution is -0.141. The van der Waals surface area contributed by atoms with Gasteiger partial charge in [-0.3, -0.25) is 4.79 Å². The highest BCUT2D eigenvalue weighted by Gasteiger charge is 2.47. The van der Waals surface area contributed by atoms with Gasteiger partial charge in [0.25, 0.3) is 0 Å². The first kappa shape index (κ1) is 18.1. The molecule has 1 aliphatic heterocycles. The lowest BCUT2D eigenvalue weighted by Gasteiger charge is -2.18. The molecule has 1 aromatic carbocycles. The average molecular weight is 364 g/mol. The van der Waals surface area contributed by atoms with E-state index < -0.39 is 0 Å². The van der Waals surface area contributed by atoms with Crippen molar-refractivity contribution in [1.82, 2.24) is 0 Å². The first-order valence-electron chi connectivity index (χ1n) is 8.70. The molecule has 1 saturated carbocycles. The number of carbonyl (C=O) groups is 1. The Morgan fingerprint density at radius 1 is 1.42 bits per heavy atom. The molecule has 1 aliphatic carbocycles.